The molecule has 2 fully saturated rings. The molecule has 174 valence electrons. The molecule has 6 nitrogen and oxygen atoms in total. The number of nitrogens with one attached hydrogen (secondary N) is 1. The molecule has 2 saturated heterocycles. The van der Waals surface area contributed by atoms with Gasteiger partial charge in [0.1, 0.15) is 5.75 Å². The van der Waals surface area contributed by atoms with Gasteiger partial charge in [-0.1, -0.05) is 12.1 Å². The molecule has 2 aliphatic rings. The maximum absolute atomic E-state index is 12.0. The number of hydrogen-bond donors (Lipinski definition) is 1. The van der Waals surface area contributed by atoms with E-state index < -0.39 is 0 Å². The molecule has 2 aliphatic heterocycles. The monoisotopic (exact) mass is 447 g/mol. The fourth-order valence-corrected chi connectivity index (χ4v) is 6.08. The Bertz CT molecular complexity index is 1180. The van der Waals surface area contributed by atoms with Crippen LogP contribution in [0.4, 0.5) is 0 Å². The van der Waals surface area contributed by atoms with E-state index in [0.29, 0.717) is 11.6 Å². The summed E-state index contributed by atoms with van der Waals surface area (Å²) < 4.78 is 13.0. The molecule has 2 unspecified atom stereocenters. The zero-order chi connectivity index (χ0) is 23.2. The maximum Gasteiger partial charge on any atom is 0.337 e. The fourth-order valence-electron chi connectivity index (χ4n) is 6.08. The van der Waals surface area contributed by atoms with Crippen LogP contribution in [-0.4, -0.2) is 48.8 Å². The average molecular weight is 448 g/mol. The predicted octanol–water partition coefficient (Wildman–Crippen LogP) is 4.14. The number of esters is 1. The number of fused-ring (bicyclic) bond motifs is 3. The summed E-state index contributed by atoms with van der Waals surface area (Å²) in [6, 6.07) is 13.0. The normalized spacial score (nSPS) is 23.0. The Kier molecular flexibility index (Phi) is 5.67. The molecule has 33 heavy (non-hydrogen) atoms. The molecule has 2 bridgehead atoms. The third-order valence-electron chi connectivity index (χ3n) is 7.74. The Morgan fingerprint density at radius 3 is 2.73 bits per heavy atom. The van der Waals surface area contributed by atoms with Gasteiger partial charge in [0.25, 0.3) is 0 Å². The molecule has 0 saturated carbocycles. The highest BCUT2D eigenvalue weighted by Gasteiger charge is 2.46. The van der Waals surface area contributed by atoms with Gasteiger partial charge in [0.2, 0.25) is 0 Å². The van der Waals surface area contributed by atoms with Gasteiger partial charge in [-0.2, -0.15) is 0 Å². The Morgan fingerprint density at radius 1 is 1.21 bits per heavy atom. The van der Waals surface area contributed by atoms with Crippen molar-refractivity contribution in [1.29, 1.82) is 0 Å². The average Bonchev–Trinajstić information content (AvgIpc) is 3.24. The highest BCUT2D eigenvalue weighted by Crippen LogP contribution is 2.45. The standard InChI is InChI=1S/C27H33N3O3/c1-18-15-24(32-3)23(22-10-13-29(2)25(18)22)17-30-14-9-21-16-27(30,11-12-28-21)20-7-5-19(6-8-20)26(31)33-4/h5-8,10,13,15,21,28H,9,11-12,14,16-17H2,1-4H3. The van der Waals surface area contributed by atoms with Crippen LogP contribution in [0.5, 0.6) is 5.75 Å². The Hall–Kier alpha value is -2.83. The van der Waals surface area contributed by atoms with E-state index in [-0.39, 0.29) is 11.5 Å². The van der Waals surface area contributed by atoms with Gasteiger partial charge in [-0.15, -0.1) is 0 Å². The number of rotatable bonds is 5. The number of aromatic nitrogens is 1. The molecule has 2 atom stereocenters. The van der Waals surface area contributed by atoms with Gasteiger partial charge in [0.05, 0.1) is 25.3 Å². The van der Waals surface area contributed by atoms with Crippen LogP contribution in [-0.2, 0) is 23.9 Å². The maximum atomic E-state index is 12.0. The van der Waals surface area contributed by atoms with Crippen molar-refractivity contribution in [3.05, 3.63) is 64.8 Å². The minimum absolute atomic E-state index is 0.0696. The number of carbonyl (C=O) groups excluding carboxylic acids is 1. The topological polar surface area (TPSA) is 55.7 Å². The molecule has 3 aromatic rings. The minimum atomic E-state index is -0.293. The predicted molar refractivity (Wildman–Crippen MR) is 130 cm³/mol. The Labute approximate surface area is 195 Å². The van der Waals surface area contributed by atoms with E-state index in [2.05, 4.69) is 59.2 Å². The minimum Gasteiger partial charge on any atom is -0.496 e. The summed E-state index contributed by atoms with van der Waals surface area (Å²) in [5.41, 5.74) is 5.55. The second-order valence-corrected chi connectivity index (χ2v) is 9.48. The lowest BCUT2D eigenvalue weighted by Gasteiger charge is -2.54. The summed E-state index contributed by atoms with van der Waals surface area (Å²) >= 11 is 0. The molecule has 0 amide bonds. The van der Waals surface area contributed by atoms with Crippen molar-refractivity contribution in [1.82, 2.24) is 14.8 Å². The van der Waals surface area contributed by atoms with Crippen LogP contribution >= 0.6 is 0 Å². The molecular formula is C27H33N3O3. The molecule has 1 aromatic heterocycles. The van der Waals surface area contributed by atoms with Crippen LogP contribution in [0.3, 0.4) is 0 Å². The summed E-state index contributed by atoms with van der Waals surface area (Å²) in [7, 11) is 5.30. The van der Waals surface area contributed by atoms with E-state index in [1.807, 2.05) is 12.1 Å². The summed E-state index contributed by atoms with van der Waals surface area (Å²) in [6.45, 7) is 4.99. The zero-order valence-electron chi connectivity index (χ0n) is 20.0. The number of piperidine rings is 2. The highest BCUT2D eigenvalue weighted by atomic mass is 16.5. The number of likely N-dealkylation sites (tertiary alicyclic amines) is 1. The fraction of sp³-hybridized carbons (Fsp3) is 0.444. The van der Waals surface area contributed by atoms with E-state index in [4.69, 9.17) is 9.47 Å². The van der Waals surface area contributed by atoms with Crippen LogP contribution in [0, 0.1) is 6.92 Å². The van der Waals surface area contributed by atoms with Crippen molar-refractivity contribution in [2.45, 2.75) is 44.3 Å². The van der Waals surface area contributed by atoms with E-state index in [1.54, 1.807) is 7.11 Å². The van der Waals surface area contributed by atoms with Gasteiger partial charge in [-0.05, 0) is 68.1 Å². The molecule has 3 heterocycles. The van der Waals surface area contributed by atoms with Crippen LogP contribution < -0.4 is 10.1 Å². The second kappa shape index (κ2) is 8.50. The number of aryl methyl sites for hydroxylation is 2. The van der Waals surface area contributed by atoms with Crippen molar-refractivity contribution in [2.75, 3.05) is 27.3 Å². The Balaban J connectivity index is 1.57. The number of ether oxygens (including phenoxy) is 2. The van der Waals surface area contributed by atoms with Gasteiger partial charge in [0, 0.05) is 48.9 Å². The van der Waals surface area contributed by atoms with Gasteiger partial charge < -0.3 is 19.4 Å². The van der Waals surface area contributed by atoms with Crippen LogP contribution in [0.2, 0.25) is 0 Å². The van der Waals surface area contributed by atoms with Gasteiger partial charge in [-0.3, -0.25) is 4.90 Å². The smallest absolute Gasteiger partial charge is 0.337 e. The first-order valence-electron chi connectivity index (χ1n) is 11.8. The van der Waals surface area contributed by atoms with Gasteiger partial charge >= 0.3 is 5.97 Å². The van der Waals surface area contributed by atoms with E-state index in [0.717, 1.165) is 44.6 Å². The first-order valence-corrected chi connectivity index (χ1v) is 11.8. The molecular weight excluding hydrogens is 414 g/mol. The summed E-state index contributed by atoms with van der Waals surface area (Å²) in [4.78, 5) is 14.6. The second-order valence-electron chi connectivity index (χ2n) is 9.48. The van der Waals surface area contributed by atoms with Crippen LogP contribution in [0.1, 0.15) is 46.3 Å². The zero-order valence-corrected chi connectivity index (χ0v) is 20.0. The summed E-state index contributed by atoms with van der Waals surface area (Å²) in [5, 5.41) is 4.97. The molecule has 0 aliphatic carbocycles. The molecule has 2 aromatic carbocycles. The highest BCUT2D eigenvalue weighted by molar-refractivity contribution is 5.89. The number of hydrogen-bond acceptors (Lipinski definition) is 5. The number of carbonyl (C=O) groups is 1. The van der Waals surface area contributed by atoms with E-state index in [1.165, 1.54) is 34.7 Å². The van der Waals surface area contributed by atoms with Crippen molar-refractivity contribution >= 4 is 16.9 Å². The third kappa shape index (κ3) is 3.62. The van der Waals surface area contributed by atoms with Crippen LogP contribution in [0.25, 0.3) is 10.9 Å². The van der Waals surface area contributed by atoms with Crippen molar-refractivity contribution in [2.24, 2.45) is 7.05 Å². The molecule has 0 spiro atoms. The lowest BCUT2D eigenvalue weighted by Crippen LogP contribution is -2.60. The van der Waals surface area contributed by atoms with E-state index in [9.17, 15) is 4.79 Å². The summed E-state index contributed by atoms with van der Waals surface area (Å²) in [5.74, 6) is 0.664. The number of methoxy groups -OCH3 is 2. The van der Waals surface area contributed by atoms with Crippen molar-refractivity contribution in [3.8, 4) is 5.75 Å². The molecule has 6 heteroatoms. The first-order chi connectivity index (χ1) is 16.0. The number of nitrogens with zero attached hydrogens (tertiary/aromatic N) is 2. The first kappa shape index (κ1) is 22.0. The third-order valence-corrected chi connectivity index (χ3v) is 7.74. The molecule has 5 rings (SSSR count). The lowest BCUT2D eigenvalue weighted by molar-refractivity contribution is -0.00844. The molecule has 1 N–H and O–H groups in total. The van der Waals surface area contributed by atoms with Crippen molar-refractivity contribution in [3.63, 3.8) is 0 Å². The van der Waals surface area contributed by atoms with Gasteiger partial charge in [-0.25, -0.2) is 4.79 Å². The molecule has 0 radical (unpaired) electrons. The van der Waals surface area contributed by atoms with E-state index >= 15 is 0 Å². The SMILES string of the molecule is COC(=O)c1ccc(C23CCNC(CCN2Cc2c(OC)cc(C)c4c2ccn4C)C3)cc1. The Morgan fingerprint density at radius 2 is 2.00 bits per heavy atom. The summed E-state index contributed by atoms with van der Waals surface area (Å²) in [6.07, 6.45) is 5.37. The number of benzene rings is 2. The lowest BCUT2D eigenvalue weighted by atomic mass is 9.73. The van der Waals surface area contributed by atoms with Crippen LogP contribution in [0.15, 0.2) is 42.6 Å². The quantitative estimate of drug-likeness (QED) is 0.596. The van der Waals surface area contributed by atoms with Gasteiger partial charge in [0.15, 0.2) is 0 Å². The largest absolute Gasteiger partial charge is 0.496 e. The van der Waals surface area contributed by atoms with Crippen molar-refractivity contribution < 1.29 is 14.3 Å².